The third-order valence-electron chi connectivity index (χ3n) is 8.18. The fraction of sp³-hybridized carbons (Fsp3) is 0.692. The third-order valence-corrected chi connectivity index (χ3v) is 8.18. The molecule has 0 spiro atoms. The van der Waals surface area contributed by atoms with E-state index in [4.69, 9.17) is 24.1 Å². The number of hydrogen-bond donors (Lipinski definition) is 2. The van der Waals surface area contributed by atoms with Crippen molar-refractivity contribution in [3.05, 3.63) is 29.3 Å². The Hall–Kier alpha value is -2.49. The average Bonchev–Trinajstić information content (AvgIpc) is 3.37. The predicted octanol–water partition coefficient (Wildman–Crippen LogP) is 5.35. The zero-order valence-corrected chi connectivity index (χ0v) is 20.3. The van der Waals surface area contributed by atoms with Gasteiger partial charge in [0.15, 0.2) is 0 Å². The second-order valence-corrected chi connectivity index (χ2v) is 10.3. The van der Waals surface area contributed by atoms with E-state index < -0.39 is 18.3 Å². The summed E-state index contributed by atoms with van der Waals surface area (Å²) in [5.74, 6) is -0.717. The Balaban J connectivity index is 0.000000384. The molecule has 1 aliphatic heterocycles. The molecule has 0 aromatic heterocycles. The quantitative estimate of drug-likeness (QED) is 0.405. The summed E-state index contributed by atoms with van der Waals surface area (Å²) in [6, 6.07) is 7.08. The lowest BCUT2D eigenvalue weighted by Gasteiger charge is -2.56. The van der Waals surface area contributed by atoms with Gasteiger partial charge in [-0.1, -0.05) is 31.7 Å². The number of alkyl halides is 3. The normalized spacial score (nSPS) is 27.1. The van der Waals surface area contributed by atoms with Crippen LogP contribution in [0.4, 0.5) is 18.0 Å². The molecule has 1 aromatic rings. The lowest BCUT2D eigenvalue weighted by Crippen LogP contribution is -2.59. The number of aliphatic carboxylic acids is 1. The van der Waals surface area contributed by atoms with Crippen molar-refractivity contribution >= 4 is 12.1 Å². The third kappa shape index (κ3) is 6.07. The molecule has 200 valence electrons. The van der Waals surface area contributed by atoms with Crippen molar-refractivity contribution in [1.82, 2.24) is 5.32 Å². The Morgan fingerprint density at radius 2 is 1.78 bits per heavy atom. The molecule has 3 fully saturated rings. The number of halogens is 3. The molecule has 1 aromatic carbocycles. The minimum Gasteiger partial charge on any atom is -0.475 e. The van der Waals surface area contributed by atoms with Gasteiger partial charge in [-0.05, 0) is 80.2 Å². The number of piperidine rings is 1. The van der Waals surface area contributed by atoms with Gasteiger partial charge >= 0.3 is 18.3 Å². The summed E-state index contributed by atoms with van der Waals surface area (Å²) in [6.07, 6.45) is 6.71. The first kappa shape index (κ1) is 26.6. The highest BCUT2D eigenvalue weighted by molar-refractivity contribution is 5.73. The number of carbonyl (C=O) groups excluding carboxylic acids is 1. The van der Waals surface area contributed by atoms with Gasteiger partial charge in [-0.15, -0.1) is 0 Å². The Bertz CT molecular complexity index is 929. The van der Waals surface area contributed by atoms with Crippen LogP contribution in [0.2, 0.25) is 0 Å². The van der Waals surface area contributed by atoms with Crippen molar-refractivity contribution in [3.8, 4) is 5.75 Å². The SMILES string of the molecule is O=C(O)C(F)(F)F.O=C(OCOc1ccc2c(c1)[C@]13CCCC[C@@H]1[C@@H](C2)NCC3)OCC1CCCC1. The van der Waals surface area contributed by atoms with Crippen molar-refractivity contribution < 1.29 is 42.1 Å². The van der Waals surface area contributed by atoms with E-state index in [0.717, 1.165) is 37.5 Å². The molecule has 5 rings (SSSR count). The van der Waals surface area contributed by atoms with Gasteiger partial charge in [-0.2, -0.15) is 13.2 Å². The van der Waals surface area contributed by atoms with E-state index in [0.29, 0.717) is 24.0 Å². The Labute approximate surface area is 208 Å². The number of carboxylic acids is 1. The highest BCUT2D eigenvalue weighted by Crippen LogP contribution is 2.54. The lowest BCUT2D eigenvalue weighted by atomic mass is 9.53. The van der Waals surface area contributed by atoms with Crippen LogP contribution in [-0.2, 0) is 26.1 Å². The summed E-state index contributed by atoms with van der Waals surface area (Å²) >= 11 is 0. The van der Waals surface area contributed by atoms with E-state index in [-0.39, 0.29) is 6.79 Å². The van der Waals surface area contributed by atoms with E-state index >= 15 is 0 Å². The molecule has 0 unspecified atom stereocenters. The van der Waals surface area contributed by atoms with E-state index in [2.05, 4.69) is 17.4 Å². The van der Waals surface area contributed by atoms with Gasteiger partial charge in [0.1, 0.15) is 5.75 Å². The maximum Gasteiger partial charge on any atom is 0.511 e. The van der Waals surface area contributed by atoms with Crippen molar-refractivity contribution in [3.63, 3.8) is 0 Å². The number of ether oxygens (including phenoxy) is 3. The van der Waals surface area contributed by atoms with E-state index in [1.54, 1.807) is 0 Å². The van der Waals surface area contributed by atoms with E-state index in [9.17, 15) is 18.0 Å². The zero-order valence-electron chi connectivity index (χ0n) is 20.3. The molecule has 0 radical (unpaired) electrons. The number of fused-ring (bicyclic) bond motifs is 1. The smallest absolute Gasteiger partial charge is 0.475 e. The van der Waals surface area contributed by atoms with E-state index in [1.165, 1.54) is 56.1 Å². The number of rotatable bonds is 5. The molecule has 2 bridgehead atoms. The molecule has 0 amide bonds. The average molecular weight is 514 g/mol. The molecule has 4 aliphatic rings. The largest absolute Gasteiger partial charge is 0.511 e. The second kappa shape index (κ2) is 11.3. The van der Waals surface area contributed by atoms with Crippen LogP contribution in [0.5, 0.6) is 5.75 Å². The van der Waals surface area contributed by atoms with Crippen LogP contribution in [0.25, 0.3) is 0 Å². The highest BCUT2D eigenvalue weighted by Gasteiger charge is 2.51. The molecule has 3 aliphatic carbocycles. The van der Waals surface area contributed by atoms with Crippen LogP contribution in [0, 0.1) is 11.8 Å². The van der Waals surface area contributed by atoms with Crippen LogP contribution in [0.1, 0.15) is 68.9 Å². The van der Waals surface area contributed by atoms with Gasteiger partial charge in [-0.25, -0.2) is 9.59 Å². The monoisotopic (exact) mass is 513 g/mol. The Kier molecular flexibility index (Phi) is 8.32. The summed E-state index contributed by atoms with van der Waals surface area (Å²) in [5, 5.41) is 10.9. The first-order valence-electron chi connectivity index (χ1n) is 12.8. The highest BCUT2D eigenvalue weighted by atomic mass is 19.4. The molecule has 7 nitrogen and oxygen atoms in total. The minimum atomic E-state index is -5.08. The van der Waals surface area contributed by atoms with Gasteiger partial charge in [-0.3, -0.25) is 0 Å². The maximum atomic E-state index is 11.8. The van der Waals surface area contributed by atoms with Crippen molar-refractivity contribution in [1.29, 1.82) is 0 Å². The Morgan fingerprint density at radius 1 is 1.06 bits per heavy atom. The van der Waals surface area contributed by atoms with Crippen LogP contribution in [-0.4, -0.2) is 49.4 Å². The molecule has 36 heavy (non-hydrogen) atoms. The summed E-state index contributed by atoms with van der Waals surface area (Å²) in [4.78, 5) is 20.7. The molecule has 2 N–H and O–H groups in total. The van der Waals surface area contributed by atoms with Crippen LogP contribution in [0.15, 0.2) is 18.2 Å². The molecule has 1 heterocycles. The number of hydrogen-bond acceptors (Lipinski definition) is 6. The Morgan fingerprint density at radius 3 is 2.50 bits per heavy atom. The summed E-state index contributed by atoms with van der Waals surface area (Å²) in [6.45, 7) is 1.49. The zero-order chi connectivity index (χ0) is 25.8. The summed E-state index contributed by atoms with van der Waals surface area (Å²) < 4.78 is 47.9. The molecule has 1 saturated heterocycles. The number of benzene rings is 1. The molecular formula is C26H34F3NO6. The summed E-state index contributed by atoms with van der Waals surface area (Å²) in [5.41, 5.74) is 3.26. The van der Waals surface area contributed by atoms with E-state index in [1.807, 2.05) is 6.07 Å². The number of carbonyl (C=O) groups is 2. The predicted molar refractivity (Wildman–Crippen MR) is 124 cm³/mol. The van der Waals surface area contributed by atoms with Crippen LogP contribution >= 0.6 is 0 Å². The molecular weight excluding hydrogens is 479 g/mol. The molecule has 10 heteroatoms. The second-order valence-electron chi connectivity index (χ2n) is 10.3. The fourth-order valence-electron chi connectivity index (χ4n) is 6.54. The summed E-state index contributed by atoms with van der Waals surface area (Å²) in [7, 11) is 0. The number of nitrogens with one attached hydrogen (secondary N) is 1. The lowest BCUT2D eigenvalue weighted by molar-refractivity contribution is -0.192. The topological polar surface area (TPSA) is 94.1 Å². The molecule has 2 saturated carbocycles. The van der Waals surface area contributed by atoms with Gasteiger partial charge in [0, 0.05) is 11.5 Å². The van der Waals surface area contributed by atoms with Crippen molar-refractivity contribution in [2.75, 3.05) is 19.9 Å². The van der Waals surface area contributed by atoms with Gasteiger partial charge in [0.25, 0.3) is 0 Å². The fourth-order valence-corrected chi connectivity index (χ4v) is 6.54. The van der Waals surface area contributed by atoms with Crippen molar-refractivity contribution in [2.24, 2.45) is 11.8 Å². The van der Waals surface area contributed by atoms with Gasteiger partial charge in [0.2, 0.25) is 6.79 Å². The van der Waals surface area contributed by atoms with Gasteiger partial charge in [0.05, 0.1) is 6.61 Å². The minimum absolute atomic E-state index is 0.0943. The van der Waals surface area contributed by atoms with Crippen LogP contribution in [0.3, 0.4) is 0 Å². The standard InChI is InChI=1S/C24H33NO4.C2HF3O2/c26-23(27-15-17-5-1-2-6-17)29-16-28-19-9-8-18-13-22-20-7-3-4-10-24(20,11-12-25-22)21(18)14-19;3-2(4,5)1(6)7/h8-9,14,17,20,22,25H,1-7,10-13,15-16H2;(H,6,7)/t20-,22-,24+;/m1./s1. The molecule has 3 atom stereocenters. The first-order chi connectivity index (χ1) is 17.2. The van der Waals surface area contributed by atoms with Gasteiger partial charge < -0.3 is 24.6 Å². The first-order valence-corrected chi connectivity index (χ1v) is 12.8. The van der Waals surface area contributed by atoms with Crippen molar-refractivity contribution in [2.45, 2.75) is 81.8 Å². The maximum absolute atomic E-state index is 11.8. The number of carboxylic acid groups (broad SMARTS) is 1. The van der Waals surface area contributed by atoms with Crippen LogP contribution < -0.4 is 10.1 Å².